The van der Waals surface area contributed by atoms with Crippen molar-refractivity contribution in [2.45, 2.75) is 26.8 Å². The van der Waals surface area contributed by atoms with Crippen LogP contribution in [-0.4, -0.2) is 5.91 Å². The van der Waals surface area contributed by atoms with Crippen molar-refractivity contribution < 1.29 is 13.6 Å². The molecular formula is C16H18FNO2. The highest BCUT2D eigenvalue weighted by atomic mass is 19.1. The number of hydrogen-bond acceptors (Lipinski definition) is 2. The van der Waals surface area contributed by atoms with Gasteiger partial charge in [0, 0.05) is 0 Å². The minimum Gasteiger partial charge on any atom is -0.469 e. The first-order valence-corrected chi connectivity index (χ1v) is 6.59. The minimum atomic E-state index is -0.284. The lowest BCUT2D eigenvalue weighted by Crippen LogP contribution is -2.31. The molecule has 106 valence electrons. The Morgan fingerprint density at radius 1 is 1.20 bits per heavy atom. The number of amides is 1. The Labute approximate surface area is 117 Å². The molecule has 1 unspecified atom stereocenters. The summed E-state index contributed by atoms with van der Waals surface area (Å²) in [5.74, 6) is 0.313. The molecule has 1 atom stereocenters. The van der Waals surface area contributed by atoms with Gasteiger partial charge in [-0.2, -0.15) is 0 Å². The average molecular weight is 275 g/mol. The average Bonchev–Trinajstić information content (AvgIpc) is 2.83. The molecule has 0 saturated carbocycles. The van der Waals surface area contributed by atoms with E-state index in [1.807, 2.05) is 13.8 Å². The molecule has 0 fully saturated rings. The Morgan fingerprint density at radius 3 is 2.35 bits per heavy atom. The third kappa shape index (κ3) is 3.07. The summed E-state index contributed by atoms with van der Waals surface area (Å²) in [5, 5.41) is 2.97. The van der Waals surface area contributed by atoms with Crippen molar-refractivity contribution in [2.75, 3.05) is 0 Å². The Hall–Kier alpha value is -2.10. The van der Waals surface area contributed by atoms with Crippen molar-refractivity contribution in [3.8, 4) is 0 Å². The molecule has 0 radical (unpaired) electrons. The van der Waals surface area contributed by atoms with Gasteiger partial charge in [0.15, 0.2) is 0 Å². The standard InChI is InChI=1S/C16H18FNO2/c1-10(2)15(12-4-6-13(17)7-5-12)18-16(19)14-8-9-20-11(14)3/h4-10,15H,1-3H3,(H,18,19). The molecule has 1 amide bonds. The first-order chi connectivity index (χ1) is 9.49. The monoisotopic (exact) mass is 275 g/mol. The van der Waals surface area contributed by atoms with Crippen LogP contribution in [0.3, 0.4) is 0 Å². The molecule has 2 rings (SSSR count). The topological polar surface area (TPSA) is 42.2 Å². The zero-order valence-corrected chi connectivity index (χ0v) is 11.8. The van der Waals surface area contributed by atoms with E-state index in [4.69, 9.17) is 4.42 Å². The van der Waals surface area contributed by atoms with Crippen LogP contribution in [-0.2, 0) is 0 Å². The molecule has 0 bridgehead atoms. The van der Waals surface area contributed by atoms with E-state index in [-0.39, 0.29) is 23.7 Å². The van der Waals surface area contributed by atoms with Gasteiger partial charge in [0.25, 0.3) is 5.91 Å². The van der Waals surface area contributed by atoms with Crippen molar-refractivity contribution in [3.05, 3.63) is 59.3 Å². The van der Waals surface area contributed by atoms with Crippen molar-refractivity contribution >= 4 is 5.91 Å². The van der Waals surface area contributed by atoms with E-state index in [0.717, 1.165) is 5.56 Å². The molecule has 1 aromatic carbocycles. The summed E-state index contributed by atoms with van der Waals surface area (Å²) in [6.07, 6.45) is 1.49. The van der Waals surface area contributed by atoms with Gasteiger partial charge in [0.2, 0.25) is 0 Å². The van der Waals surface area contributed by atoms with E-state index in [2.05, 4.69) is 5.32 Å². The number of aryl methyl sites for hydroxylation is 1. The molecule has 2 aromatic rings. The van der Waals surface area contributed by atoms with Gasteiger partial charge in [-0.25, -0.2) is 4.39 Å². The zero-order valence-electron chi connectivity index (χ0n) is 11.8. The molecule has 0 aliphatic carbocycles. The van der Waals surface area contributed by atoms with Gasteiger partial charge >= 0.3 is 0 Å². The largest absolute Gasteiger partial charge is 0.469 e. The van der Waals surface area contributed by atoms with E-state index >= 15 is 0 Å². The lowest BCUT2D eigenvalue weighted by Gasteiger charge is -2.22. The summed E-state index contributed by atoms with van der Waals surface area (Å²) in [7, 11) is 0. The predicted octanol–water partition coefficient (Wildman–Crippen LogP) is 3.85. The van der Waals surface area contributed by atoms with Crippen molar-refractivity contribution in [1.29, 1.82) is 0 Å². The minimum absolute atomic E-state index is 0.169. The van der Waals surface area contributed by atoms with Gasteiger partial charge in [-0.3, -0.25) is 4.79 Å². The fraction of sp³-hybridized carbons (Fsp3) is 0.312. The van der Waals surface area contributed by atoms with Crippen LogP contribution in [0.2, 0.25) is 0 Å². The van der Waals surface area contributed by atoms with Crippen LogP contribution in [0.4, 0.5) is 4.39 Å². The second-order valence-electron chi connectivity index (χ2n) is 5.14. The molecular weight excluding hydrogens is 257 g/mol. The molecule has 0 aliphatic heterocycles. The third-order valence-electron chi connectivity index (χ3n) is 3.29. The predicted molar refractivity (Wildman–Crippen MR) is 74.9 cm³/mol. The van der Waals surface area contributed by atoms with Crippen molar-refractivity contribution in [3.63, 3.8) is 0 Å². The molecule has 0 saturated heterocycles. The maximum atomic E-state index is 13.0. The van der Waals surface area contributed by atoms with E-state index in [9.17, 15) is 9.18 Å². The molecule has 0 aliphatic rings. The smallest absolute Gasteiger partial charge is 0.255 e. The SMILES string of the molecule is Cc1occc1C(=O)NC(c1ccc(F)cc1)C(C)C. The van der Waals surface area contributed by atoms with E-state index in [1.54, 1.807) is 25.1 Å². The number of carbonyl (C=O) groups is 1. The Bertz CT molecular complexity index is 587. The molecule has 1 N–H and O–H groups in total. The lowest BCUT2D eigenvalue weighted by molar-refractivity contribution is 0.0924. The molecule has 1 aromatic heterocycles. The Morgan fingerprint density at radius 2 is 1.85 bits per heavy atom. The number of halogens is 1. The van der Waals surface area contributed by atoms with Crippen molar-refractivity contribution in [2.24, 2.45) is 5.92 Å². The number of nitrogens with one attached hydrogen (secondary N) is 1. The third-order valence-corrected chi connectivity index (χ3v) is 3.29. The first-order valence-electron chi connectivity index (χ1n) is 6.59. The number of hydrogen-bond donors (Lipinski definition) is 1. The molecule has 1 heterocycles. The fourth-order valence-corrected chi connectivity index (χ4v) is 2.14. The van der Waals surface area contributed by atoms with Crippen molar-refractivity contribution in [1.82, 2.24) is 5.32 Å². The number of rotatable bonds is 4. The summed E-state index contributed by atoms with van der Waals surface area (Å²) in [5.41, 5.74) is 1.41. The van der Waals surface area contributed by atoms with E-state index in [1.165, 1.54) is 18.4 Å². The Kier molecular flexibility index (Phi) is 4.23. The molecule has 4 heteroatoms. The number of carbonyl (C=O) groups excluding carboxylic acids is 1. The van der Waals surface area contributed by atoms with Gasteiger partial charge in [-0.15, -0.1) is 0 Å². The summed E-state index contributed by atoms with van der Waals surface area (Å²) < 4.78 is 18.1. The maximum Gasteiger partial charge on any atom is 0.255 e. The van der Waals surface area contributed by atoms with Gasteiger partial charge in [-0.1, -0.05) is 26.0 Å². The fourth-order valence-electron chi connectivity index (χ4n) is 2.14. The normalized spacial score (nSPS) is 12.4. The van der Waals surface area contributed by atoms with E-state index in [0.29, 0.717) is 11.3 Å². The second kappa shape index (κ2) is 5.90. The highest BCUT2D eigenvalue weighted by Crippen LogP contribution is 2.23. The summed E-state index contributed by atoms with van der Waals surface area (Å²) in [6, 6.07) is 7.68. The van der Waals surface area contributed by atoms with Gasteiger partial charge in [-0.05, 0) is 36.6 Å². The molecule has 20 heavy (non-hydrogen) atoms. The summed E-state index contributed by atoms with van der Waals surface area (Å²) in [6.45, 7) is 5.77. The number of furan rings is 1. The van der Waals surface area contributed by atoms with Gasteiger partial charge < -0.3 is 9.73 Å². The van der Waals surface area contributed by atoms with E-state index < -0.39 is 0 Å². The Balaban J connectivity index is 2.20. The molecule has 0 spiro atoms. The quantitative estimate of drug-likeness (QED) is 0.920. The lowest BCUT2D eigenvalue weighted by atomic mass is 9.95. The molecule has 3 nitrogen and oxygen atoms in total. The van der Waals surface area contributed by atoms with Crippen LogP contribution >= 0.6 is 0 Å². The van der Waals surface area contributed by atoms with Crippen LogP contribution in [0.1, 0.15) is 41.6 Å². The van der Waals surface area contributed by atoms with Crippen LogP contribution in [0.5, 0.6) is 0 Å². The van der Waals surface area contributed by atoms with Crippen LogP contribution in [0.15, 0.2) is 41.0 Å². The second-order valence-corrected chi connectivity index (χ2v) is 5.14. The highest BCUT2D eigenvalue weighted by Gasteiger charge is 2.20. The van der Waals surface area contributed by atoms with Crippen LogP contribution in [0.25, 0.3) is 0 Å². The maximum absolute atomic E-state index is 13.0. The summed E-state index contributed by atoms with van der Waals surface area (Å²) >= 11 is 0. The van der Waals surface area contributed by atoms with Gasteiger partial charge in [0.1, 0.15) is 11.6 Å². The van der Waals surface area contributed by atoms with Gasteiger partial charge in [0.05, 0.1) is 17.9 Å². The van der Waals surface area contributed by atoms with Crippen LogP contribution in [0, 0.1) is 18.7 Å². The number of benzene rings is 1. The highest BCUT2D eigenvalue weighted by molar-refractivity contribution is 5.95. The first kappa shape index (κ1) is 14.3. The van der Waals surface area contributed by atoms with Crippen LogP contribution < -0.4 is 5.32 Å². The summed E-state index contributed by atoms with van der Waals surface area (Å²) in [4.78, 5) is 12.2. The zero-order chi connectivity index (χ0) is 14.7.